The molecule has 28 heteroatoms. The van der Waals surface area contributed by atoms with Gasteiger partial charge in [0.25, 0.3) is 6.29 Å². The molecule has 76 heavy (non-hydrogen) atoms. The summed E-state index contributed by atoms with van der Waals surface area (Å²) in [6.07, 6.45) is -22.1. The van der Waals surface area contributed by atoms with Crippen LogP contribution >= 0.6 is 0 Å². The molecule has 2 bridgehead atoms. The molecule has 4 aliphatic carbocycles. The summed E-state index contributed by atoms with van der Waals surface area (Å²) in [6.45, 7) is 2.02. The van der Waals surface area contributed by atoms with Gasteiger partial charge in [-0.25, -0.2) is 0 Å². The Labute approximate surface area is 436 Å². The minimum atomic E-state index is -3.81. The quantitative estimate of drug-likeness (QED) is 0.0143. The van der Waals surface area contributed by atoms with Crippen LogP contribution in [0.2, 0.25) is 0 Å². The Morgan fingerprint density at radius 3 is 1.75 bits per heavy atom. The first-order chi connectivity index (χ1) is 35.4. The lowest BCUT2D eigenvalue weighted by Gasteiger charge is -2.64. The number of aliphatic hydroxyl groups is 22. The van der Waals surface area contributed by atoms with E-state index in [-0.39, 0.29) is 38.0 Å². The molecule has 4 saturated carbocycles. The van der Waals surface area contributed by atoms with Gasteiger partial charge >= 0.3 is 11.9 Å². The Morgan fingerprint density at radius 2 is 1.20 bits per heavy atom. The molecule has 0 aromatic rings. The predicted octanol–water partition coefficient (Wildman–Crippen LogP) is -3.55. The number of rotatable bonds is 30. The fourth-order valence-electron chi connectivity index (χ4n) is 11.9. The molecule has 0 heterocycles. The largest absolute Gasteiger partial charge is 0.506 e. The molecule has 0 aromatic carbocycles. The maximum atomic E-state index is 14.6. The molecule has 12 unspecified atom stereocenters. The molecule has 4 rings (SSSR count). The van der Waals surface area contributed by atoms with E-state index in [2.05, 4.69) is 6.58 Å². The lowest BCUT2D eigenvalue weighted by Crippen LogP contribution is -2.67. The van der Waals surface area contributed by atoms with Crippen LogP contribution in [0, 0.1) is 28.1 Å². The molecule has 0 aliphatic heterocycles. The van der Waals surface area contributed by atoms with E-state index >= 15 is 0 Å². The average Bonchev–Trinajstić information content (AvgIpc) is 3.57. The SMILES string of the molecule is C=C1C[C@@]23CCC4C(C)(CCC[C@@]4(C)C(=O)OC(O)(OC(O)C(O)C(O)C(O)CCO)C(O)(CO)CO)[C@@H]2CC[C@]1(OC(O)/C(OC(O)/C(O)=C(/O)[C@@H](O)CCO)=C(/O)C(O)CCOC(O)/C(O)=C(/O)C(O)CCO)C3. The Morgan fingerprint density at radius 1 is 0.658 bits per heavy atom. The van der Waals surface area contributed by atoms with Crippen LogP contribution in [0.4, 0.5) is 0 Å². The number of hydrogen-bond acceptors (Lipinski definition) is 28. The topological polar surface area (TPSA) is 508 Å². The second-order valence-corrected chi connectivity index (χ2v) is 21.0. The monoisotopic (exact) mass is 1100 g/mol. The number of hydrogen-bond donors (Lipinski definition) is 22. The third kappa shape index (κ3) is 13.2. The van der Waals surface area contributed by atoms with Crippen molar-refractivity contribution in [3.8, 4) is 0 Å². The van der Waals surface area contributed by atoms with Crippen LogP contribution in [-0.2, 0) is 28.5 Å². The predicted molar refractivity (Wildman–Crippen MR) is 252 cm³/mol. The van der Waals surface area contributed by atoms with Gasteiger partial charge in [-0.2, -0.15) is 0 Å². The van der Waals surface area contributed by atoms with E-state index in [1.807, 2.05) is 6.92 Å². The summed E-state index contributed by atoms with van der Waals surface area (Å²) in [4.78, 5) is 14.6. The van der Waals surface area contributed by atoms with Crippen LogP contribution in [0.25, 0.3) is 0 Å². The van der Waals surface area contributed by atoms with Crippen molar-refractivity contribution < 1.29 is 141 Å². The minimum Gasteiger partial charge on any atom is -0.506 e. The second kappa shape index (κ2) is 26.1. The van der Waals surface area contributed by atoms with Crippen LogP contribution < -0.4 is 0 Å². The third-order valence-corrected chi connectivity index (χ3v) is 16.1. The Hall–Kier alpha value is -3.57. The fourth-order valence-corrected chi connectivity index (χ4v) is 11.9. The third-order valence-electron chi connectivity index (χ3n) is 16.1. The second-order valence-electron chi connectivity index (χ2n) is 21.0. The minimum absolute atomic E-state index is 0.104. The van der Waals surface area contributed by atoms with Crippen molar-refractivity contribution in [3.63, 3.8) is 0 Å². The Bertz CT molecular complexity index is 2050. The number of ether oxygens (including phenoxy) is 5. The number of esters is 1. The van der Waals surface area contributed by atoms with Gasteiger partial charge in [0.05, 0.1) is 36.9 Å². The molecule has 1 spiro atoms. The smallest absolute Gasteiger partial charge is 0.364 e. The maximum absolute atomic E-state index is 14.6. The van der Waals surface area contributed by atoms with Crippen LogP contribution in [0.1, 0.15) is 97.3 Å². The van der Waals surface area contributed by atoms with E-state index < -0.39 is 207 Å². The van der Waals surface area contributed by atoms with Crippen molar-refractivity contribution in [2.75, 3.05) is 39.6 Å². The molecule has 22 N–H and O–H groups in total. The maximum Gasteiger partial charge on any atom is 0.364 e. The Kier molecular flexibility index (Phi) is 22.3. The van der Waals surface area contributed by atoms with Crippen molar-refractivity contribution in [1.82, 2.24) is 0 Å². The van der Waals surface area contributed by atoms with Crippen molar-refractivity contribution in [3.05, 3.63) is 46.7 Å². The molecule has 0 amide bonds. The van der Waals surface area contributed by atoms with Gasteiger partial charge in [-0.3, -0.25) is 9.53 Å². The zero-order chi connectivity index (χ0) is 57.5. The summed E-state index contributed by atoms with van der Waals surface area (Å²) in [7, 11) is 0. The highest BCUT2D eigenvalue weighted by Crippen LogP contribution is 2.73. The first kappa shape index (κ1) is 65.0. The van der Waals surface area contributed by atoms with Gasteiger partial charge in [0, 0.05) is 39.1 Å². The summed E-state index contributed by atoms with van der Waals surface area (Å²) >= 11 is 0. The molecule has 17 atom stereocenters. The van der Waals surface area contributed by atoms with E-state index in [4.69, 9.17) is 33.9 Å². The standard InChI is InChI=1S/C48H80O28/c1-23-19-45-13-5-28-43(2,11-4-12-44(28,3)42(69)76-48(71,47(70,21-52)22-53)75-40(67)36(64)32(60)26(56)9-17-51)29(45)6-14-46(23,20-45)74-41(68)37(73-39(66)35(63)31(59)25(55)8-16-50)33(61)27(57)10-18-72-38(65)34(62)30(58)24(54)7-15-49/h24-29,32,36,38-41,49-68,70-71H,1,4-22H2,2-3H3/b34-30-,35-31-,37-33-/t24?,25-,26?,27?,28?,29-,32?,36?,38?,39?,40?,41?,43?,44+,45+,46-,48?/m0/s1. The summed E-state index contributed by atoms with van der Waals surface area (Å²) in [5, 5.41) is 228. The van der Waals surface area contributed by atoms with Crippen LogP contribution in [0.15, 0.2) is 46.7 Å². The normalized spacial score (nSPS) is 31.5. The van der Waals surface area contributed by atoms with Crippen LogP contribution in [-0.4, -0.2) is 237 Å². The summed E-state index contributed by atoms with van der Waals surface area (Å²) in [6, 6.07) is 0. The summed E-state index contributed by atoms with van der Waals surface area (Å²) in [5.74, 6) is -13.4. The van der Waals surface area contributed by atoms with E-state index in [1.54, 1.807) is 6.92 Å². The lowest BCUT2D eigenvalue weighted by molar-refractivity contribution is -0.455. The Balaban J connectivity index is 1.63. The highest BCUT2D eigenvalue weighted by molar-refractivity contribution is 5.77. The van der Waals surface area contributed by atoms with Gasteiger partial charge in [0.2, 0.25) is 23.9 Å². The molecule has 0 radical (unpaired) electrons. The van der Waals surface area contributed by atoms with Crippen molar-refractivity contribution >= 4 is 5.97 Å². The zero-order valence-electron chi connectivity index (χ0n) is 42.4. The molecule has 28 nitrogen and oxygen atoms in total. The number of carbonyl (C=O) groups is 1. The van der Waals surface area contributed by atoms with Gasteiger partial charge in [-0.05, 0) is 93.0 Å². The number of aliphatic hydroxyl groups excluding tert-OH is 20. The van der Waals surface area contributed by atoms with E-state index in [1.165, 1.54) is 0 Å². The first-order valence-corrected chi connectivity index (χ1v) is 24.9. The summed E-state index contributed by atoms with van der Waals surface area (Å²) < 4.78 is 27.0. The fraction of sp³-hybridized carbons (Fsp3) is 0.812. The van der Waals surface area contributed by atoms with Crippen molar-refractivity contribution in [2.45, 2.75) is 176 Å². The number of fused-ring (bicyclic) bond motifs is 3. The first-order valence-electron chi connectivity index (χ1n) is 24.9. The zero-order valence-corrected chi connectivity index (χ0v) is 42.4. The molecule has 4 fully saturated rings. The van der Waals surface area contributed by atoms with E-state index in [0.717, 1.165) is 0 Å². The van der Waals surface area contributed by atoms with Crippen molar-refractivity contribution in [1.29, 1.82) is 0 Å². The number of carbonyl (C=O) groups excluding carboxylic acids is 1. The average molecular weight is 1110 g/mol. The van der Waals surface area contributed by atoms with Gasteiger partial charge < -0.3 is 131 Å². The van der Waals surface area contributed by atoms with Gasteiger partial charge in [-0.15, -0.1) is 0 Å². The van der Waals surface area contributed by atoms with Crippen LogP contribution in [0.5, 0.6) is 0 Å². The highest BCUT2D eigenvalue weighted by Gasteiger charge is 2.70. The highest BCUT2D eigenvalue weighted by atomic mass is 16.9. The van der Waals surface area contributed by atoms with Crippen LogP contribution in [0.3, 0.4) is 0 Å². The summed E-state index contributed by atoms with van der Waals surface area (Å²) in [5.41, 5.74) is -7.17. The molecule has 0 saturated heterocycles. The molecule has 440 valence electrons. The molecule has 4 aliphatic rings. The van der Waals surface area contributed by atoms with Gasteiger partial charge in [-0.1, -0.05) is 19.9 Å². The van der Waals surface area contributed by atoms with E-state index in [9.17, 15) is 107 Å². The van der Waals surface area contributed by atoms with Gasteiger partial charge in [0.1, 0.15) is 30.5 Å². The van der Waals surface area contributed by atoms with Gasteiger partial charge in [0.15, 0.2) is 35.1 Å². The molecular weight excluding hydrogens is 1020 g/mol. The lowest BCUT2D eigenvalue weighted by atomic mass is 9.41. The van der Waals surface area contributed by atoms with E-state index in [0.29, 0.717) is 31.3 Å². The molecule has 0 aromatic heterocycles. The van der Waals surface area contributed by atoms with Crippen molar-refractivity contribution in [2.24, 2.45) is 28.1 Å². The molecular formula is C48H80O28.